The van der Waals surface area contributed by atoms with Crippen LogP contribution < -0.4 is 0 Å². The first-order valence-electron chi connectivity index (χ1n) is 5.41. The van der Waals surface area contributed by atoms with Crippen molar-refractivity contribution >= 4 is 17.4 Å². The molecule has 1 aromatic carbocycles. The molecule has 0 aliphatic carbocycles. The number of rotatable bonds is 4. The van der Waals surface area contributed by atoms with Crippen LogP contribution in [0.15, 0.2) is 35.7 Å². The predicted molar refractivity (Wildman–Crippen MR) is 69.4 cm³/mol. The number of aryl methyl sites for hydroxylation is 1. The zero-order valence-electron chi connectivity index (χ0n) is 10.0. The first kappa shape index (κ1) is 13.4. The molecule has 1 aromatic heterocycles. The smallest absolute Gasteiger partial charge is 0.258 e. The van der Waals surface area contributed by atoms with Crippen LogP contribution in [0.4, 0.5) is 10.1 Å². The van der Waals surface area contributed by atoms with Crippen LogP contribution in [0.5, 0.6) is 0 Å². The summed E-state index contributed by atoms with van der Waals surface area (Å²) in [5.41, 5.74) is 0.692. The Morgan fingerprint density at radius 1 is 1.37 bits per heavy atom. The summed E-state index contributed by atoms with van der Waals surface area (Å²) >= 11 is 1.23. The van der Waals surface area contributed by atoms with Gasteiger partial charge >= 0.3 is 5.69 Å². The highest BCUT2D eigenvalue weighted by molar-refractivity contribution is 7.98. The van der Waals surface area contributed by atoms with Crippen molar-refractivity contribution < 1.29 is 9.31 Å². The molecule has 5 nitrogen and oxygen atoms in total. The minimum absolute atomic E-state index is 0.247. The minimum Gasteiger partial charge on any atom is -0.258 e. The number of nitro groups is 1. The molecular formula is C12H10FN3O2S. The summed E-state index contributed by atoms with van der Waals surface area (Å²) in [5, 5.41) is 11.1. The van der Waals surface area contributed by atoms with Crippen molar-refractivity contribution in [1.82, 2.24) is 9.97 Å². The van der Waals surface area contributed by atoms with Gasteiger partial charge in [0.1, 0.15) is 0 Å². The molecule has 98 valence electrons. The molecule has 1 heterocycles. The maximum absolute atomic E-state index is 13.8. The normalized spacial score (nSPS) is 10.4. The lowest BCUT2D eigenvalue weighted by molar-refractivity contribution is -0.387. The molecule has 0 N–H and O–H groups in total. The van der Waals surface area contributed by atoms with Gasteiger partial charge in [0, 0.05) is 29.8 Å². The first-order valence-corrected chi connectivity index (χ1v) is 6.39. The van der Waals surface area contributed by atoms with Crippen molar-refractivity contribution in [2.24, 2.45) is 0 Å². The number of hydrogen-bond acceptors (Lipinski definition) is 5. The van der Waals surface area contributed by atoms with Gasteiger partial charge in [-0.3, -0.25) is 10.1 Å². The van der Waals surface area contributed by atoms with Crippen LogP contribution in [-0.2, 0) is 5.75 Å². The second-order valence-corrected chi connectivity index (χ2v) is 4.78. The molecule has 0 bridgehead atoms. The van der Waals surface area contributed by atoms with Gasteiger partial charge in [0.15, 0.2) is 5.16 Å². The van der Waals surface area contributed by atoms with Gasteiger partial charge in [0.2, 0.25) is 5.82 Å². The second-order valence-electron chi connectivity index (χ2n) is 3.84. The third kappa shape index (κ3) is 3.25. The molecule has 0 saturated carbocycles. The van der Waals surface area contributed by atoms with Crippen LogP contribution in [0.25, 0.3) is 0 Å². The van der Waals surface area contributed by atoms with Gasteiger partial charge in [0.05, 0.1) is 4.92 Å². The van der Waals surface area contributed by atoms with E-state index in [2.05, 4.69) is 9.97 Å². The van der Waals surface area contributed by atoms with Gasteiger partial charge in [-0.15, -0.1) is 0 Å². The maximum Gasteiger partial charge on any atom is 0.305 e. The first-order chi connectivity index (χ1) is 9.08. The molecule has 7 heteroatoms. The zero-order chi connectivity index (χ0) is 13.8. The Hall–Kier alpha value is -2.02. The van der Waals surface area contributed by atoms with Gasteiger partial charge in [0.25, 0.3) is 0 Å². The average Bonchev–Trinajstić information content (AvgIpc) is 2.39. The Kier molecular flexibility index (Phi) is 4.06. The Balaban J connectivity index is 2.13. The maximum atomic E-state index is 13.8. The minimum atomic E-state index is -0.799. The Bertz CT molecular complexity index is 604. The van der Waals surface area contributed by atoms with Crippen LogP contribution in [0, 0.1) is 22.9 Å². The third-order valence-electron chi connectivity index (χ3n) is 2.37. The standard InChI is InChI=1S/C12H10FN3O2S/c1-8-5-14-12(15-6-8)19-7-9-3-2-4-10(11(9)13)16(17)18/h2-6H,7H2,1H3. The lowest BCUT2D eigenvalue weighted by Crippen LogP contribution is -1.97. The number of benzene rings is 1. The van der Waals surface area contributed by atoms with Crippen molar-refractivity contribution in [3.8, 4) is 0 Å². The summed E-state index contributed by atoms with van der Waals surface area (Å²) < 4.78 is 13.8. The summed E-state index contributed by atoms with van der Waals surface area (Å²) in [7, 11) is 0. The summed E-state index contributed by atoms with van der Waals surface area (Å²) in [6.45, 7) is 1.87. The molecular weight excluding hydrogens is 269 g/mol. The summed E-state index contributed by atoms with van der Waals surface area (Å²) in [6.07, 6.45) is 3.33. The molecule has 19 heavy (non-hydrogen) atoms. The molecule has 0 aliphatic heterocycles. The Morgan fingerprint density at radius 2 is 2.05 bits per heavy atom. The van der Waals surface area contributed by atoms with E-state index >= 15 is 0 Å². The third-order valence-corrected chi connectivity index (χ3v) is 3.29. The van der Waals surface area contributed by atoms with Crippen molar-refractivity contribution in [2.75, 3.05) is 0 Å². The zero-order valence-corrected chi connectivity index (χ0v) is 10.9. The van der Waals surface area contributed by atoms with E-state index in [1.54, 1.807) is 12.4 Å². The fourth-order valence-electron chi connectivity index (χ4n) is 1.42. The van der Waals surface area contributed by atoms with E-state index in [4.69, 9.17) is 0 Å². The topological polar surface area (TPSA) is 68.9 Å². The predicted octanol–water partition coefficient (Wildman–Crippen LogP) is 3.12. The van der Waals surface area contributed by atoms with Crippen molar-refractivity contribution in [2.45, 2.75) is 17.8 Å². The Labute approximate surface area is 113 Å². The van der Waals surface area contributed by atoms with Crippen molar-refractivity contribution in [3.63, 3.8) is 0 Å². The molecule has 0 spiro atoms. The summed E-state index contributed by atoms with van der Waals surface area (Å²) in [4.78, 5) is 18.0. The lowest BCUT2D eigenvalue weighted by Gasteiger charge is -2.03. The number of aromatic nitrogens is 2. The van der Waals surface area contributed by atoms with Gasteiger partial charge in [-0.1, -0.05) is 23.9 Å². The molecule has 0 amide bonds. The largest absolute Gasteiger partial charge is 0.305 e. The summed E-state index contributed by atoms with van der Waals surface area (Å²) in [6, 6.07) is 4.13. The van der Waals surface area contributed by atoms with Crippen LogP contribution >= 0.6 is 11.8 Å². The molecule has 0 fully saturated rings. The molecule has 2 aromatic rings. The monoisotopic (exact) mass is 279 g/mol. The highest BCUT2D eigenvalue weighted by atomic mass is 32.2. The molecule has 0 atom stereocenters. The number of nitrogens with zero attached hydrogens (tertiary/aromatic N) is 3. The number of thioether (sulfide) groups is 1. The van der Waals surface area contributed by atoms with E-state index in [0.717, 1.165) is 11.6 Å². The SMILES string of the molecule is Cc1cnc(SCc2cccc([N+](=O)[O-])c2F)nc1. The number of nitro benzene ring substituents is 1. The van der Waals surface area contributed by atoms with Crippen LogP contribution in [-0.4, -0.2) is 14.9 Å². The fourth-order valence-corrected chi connectivity index (χ4v) is 2.18. The quantitative estimate of drug-likeness (QED) is 0.372. The van der Waals surface area contributed by atoms with E-state index in [9.17, 15) is 14.5 Å². The van der Waals surface area contributed by atoms with Gasteiger partial charge in [-0.2, -0.15) is 4.39 Å². The highest BCUT2D eigenvalue weighted by Gasteiger charge is 2.17. The number of hydrogen-bond donors (Lipinski definition) is 0. The lowest BCUT2D eigenvalue weighted by atomic mass is 10.2. The van der Waals surface area contributed by atoms with E-state index in [0.29, 0.717) is 5.16 Å². The molecule has 2 rings (SSSR count). The van der Waals surface area contributed by atoms with Crippen LogP contribution in [0.3, 0.4) is 0 Å². The average molecular weight is 279 g/mol. The van der Waals surface area contributed by atoms with Gasteiger partial charge in [-0.25, -0.2) is 9.97 Å². The van der Waals surface area contributed by atoms with Crippen molar-refractivity contribution in [3.05, 3.63) is 57.7 Å². The van der Waals surface area contributed by atoms with E-state index in [-0.39, 0.29) is 11.3 Å². The van der Waals surface area contributed by atoms with E-state index < -0.39 is 16.4 Å². The van der Waals surface area contributed by atoms with Crippen LogP contribution in [0.1, 0.15) is 11.1 Å². The van der Waals surface area contributed by atoms with E-state index in [1.165, 1.54) is 23.9 Å². The molecule has 0 saturated heterocycles. The van der Waals surface area contributed by atoms with Gasteiger partial charge in [-0.05, 0) is 12.5 Å². The second kappa shape index (κ2) is 5.75. The van der Waals surface area contributed by atoms with Crippen LogP contribution in [0.2, 0.25) is 0 Å². The fraction of sp³-hybridized carbons (Fsp3) is 0.167. The molecule has 0 aliphatic rings. The number of halogens is 1. The summed E-state index contributed by atoms with van der Waals surface area (Å²) in [5.74, 6) is -0.552. The Morgan fingerprint density at radius 3 is 2.68 bits per heavy atom. The molecule has 0 unspecified atom stereocenters. The van der Waals surface area contributed by atoms with Gasteiger partial charge < -0.3 is 0 Å². The van der Waals surface area contributed by atoms with Crippen molar-refractivity contribution in [1.29, 1.82) is 0 Å². The van der Waals surface area contributed by atoms with E-state index in [1.807, 2.05) is 6.92 Å². The highest BCUT2D eigenvalue weighted by Crippen LogP contribution is 2.25. The molecule has 0 radical (unpaired) electrons.